The number of nitrogens with zero attached hydrogens (tertiary/aromatic N) is 4. The van der Waals surface area contributed by atoms with Crippen molar-refractivity contribution in [2.24, 2.45) is 11.7 Å². The van der Waals surface area contributed by atoms with Gasteiger partial charge in [0.1, 0.15) is 0 Å². The molecule has 5 nitrogen and oxygen atoms in total. The van der Waals surface area contributed by atoms with Gasteiger partial charge in [0.05, 0.1) is 12.2 Å². The number of hydrogen-bond donors (Lipinski definition) is 1. The molecule has 0 amide bonds. The van der Waals surface area contributed by atoms with E-state index in [1.807, 2.05) is 10.9 Å². The van der Waals surface area contributed by atoms with Gasteiger partial charge in [0.25, 0.3) is 0 Å². The molecule has 1 saturated heterocycles. The molecule has 1 aliphatic heterocycles. The zero-order valence-electron chi connectivity index (χ0n) is 11.7. The Morgan fingerprint density at radius 3 is 2.74 bits per heavy atom. The van der Waals surface area contributed by atoms with Crippen molar-refractivity contribution < 1.29 is 0 Å². The molecule has 2 aliphatic rings. The maximum atomic E-state index is 5.56. The van der Waals surface area contributed by atoms with Crippen LogP contribution in [0.15, 0.2) is 6.20 Å². The minimum atomic E-state index is 0.481. The summed E-state index contributed by atoms with van der Waals surface area (Å²) in [5.41, 5.74) is 6.44. The lowest BCUT2D eigenvalue weighted by molar-refractivity contribution is 0.182. The average Bonchev–Trinajstić information content (AvgIpc) is 3.16. The fourth-order valence-corrected chi connectivity index (χ4v) is 3.78. The summed E-state index contributed by atoms with van der Waals surface area (Å²) in [5.74, 6) is 0.956. The van der Waals surface area contributed by atoms with Crippen molar-refractivity contribution in [3.05, 3.63) is 11.9 Å². The normalized spacial score (nSPS) is 25.4. The molecule has 1 aromatic heterocycles. The van der Waals surface area contributed by atoms with Gasteiger partial charge < -0.3 is 5.73 Å². The number of nitrogens with two attached hydrogens (primary N) is 1. The summed E-state index contributed by atoms with van der Waals surface area (Å²) < 4.78 is 1.94. The zero-order chi connectivity index (χ0) is 13.1. The molecule has 1 aliphatic carbocycles. The number of likely N-dealkylation sites (tertiary alicyclic amines) is 1. The third-order valence-corrected chi connectivity index (χ3v) is 4.77. The van der Waals surface area contributed by atoms with Gasteiger partial charge in [-0.1, -0.05) is 18.1 Å². The predicted octanol–water partition coefficient (Wildman–Crippen LogP) is 1.39. The van der Waals surface area contributed by atoms with Gasteiger partial charge in [-0.3, -0.25) is 9.58 Å². The Balaban J connectivity index is 1.53. The van der Waals surface area contributed by atoms with E-state index in [2.05, 4.69) is 15.2 Å². The Morgan fingerprint density at radius 1 is 1.16 bits per heavy atom. The molecule has 1 atom stereocenters. The van der Waals surface area contributed by atoms with Gasteiger partial charge in [0, 0.05) is 25.3 Å². The van der Waals surface area contributed by atoms with Crippen LogP contribution < -0.4 is 5.73 Å². The van der Waals surface area contributed by atoms with Crippen molar-refractivity contribution in [3.8, 4) is 0 Å². The Labute approximate surface area is 115 Å². The van der Waals surface area contributed by atoms with E-state index in [9.17, 15) is 0 Å². The maximum Gasteiger partial charge on any atom is 0.0962 e. The molecule has 1 unspecified atom stereocenters. The van der Waals surface area contributed by atoms with Gasteiger partial charge in [0.15, 0.2) is 0 Å². The molecule has 2 N–H and O–H groups in total. The molecule has 5 heteroatoms. The van der Waals surface area contributed by atoms with Crippen LogP contribution in [0, 0.1) is 5.92 Å². The van der Waals surface area contributed by atoms with Gasteiger partial charge in [-0.25, -0.2) is 0 Å². The van der Waals surface area contributed by atoms with E-state index in [0.29, 0.717) is 6.54 Å². The second-order valence-electron chi connectivity index (χ2n) is 5.97. The van der Waals surface area contributed by atoms with Crippen molar-refractivity contribution in [3.63, 3.8) is 0 Å². The first-order valence-corrected chi connectivity index (χ1v) is 7.70. The fourth-order valence-electron chi connectivity index (χ4n) is 3.78. The maximum absolute atomic E-state index is 5.56. The highest BCUT2D eigenvalue weighted by Crippen LogP contribution is 2.35. The Bertz CT molecular complexity index is 396. The second kappa shape index (κ2) is 6.01. The van der Waals surface area contributed by atoms with E-state index < -0.39 is 0 Å². The first-order valence-electron chi connectivity index (χ1n) is 7.70. The Morgan fingerprint density at radius 2 is 2.00 bits per heavy atom. The first-order chi connectivity index (χ1) is 9.36. The van der Waals surface area contributed by atoms with E-state index in [1.165, 1.54) is 45.1 Å². The van der Waals surface area contributed by atoms with Crippen molar-refractivity contribution in [1.29, 1.82) is 0 Å². The summed E-state index contributed by atoms with van der Waals surface area (Å²) in [6.07, 6.45) is 10.5. The highest BCUT2D eigenvalue weighted by molar-refractivity contribution is 4.91. The van der Waals surface area contributed by atoms with Crippen molar-refractivity contribution in [1.82, 2.24) is 19.9 Å². The van der Waals surface area contributed by atoms with Gasteiger partial charge >= 0.3 is 0 Å². The van der Waals surface area contributed by atoms with Crippen molar-refractivity contribution in [2.75, 3.05) is 13.1 Å². The van der Waals surface area contributed by atoms with Crippen LogP contribution in [0.3, 0.4) is 0 Å². The van der Waals surface area contributed by atoms with Crippen LogP contribution in [0.1, 0.15) is 44.2 Å². The number of aromatic nitrogens is 3. The molecule has 106 valence electrons. The summed E-state index contributed by atoms with van der Waals surface area (Å²) >= 11 is 0. The van der Waals surface area contributed by atoms with Crippen LogP contribution in [0.25, 0.3) is 0 Å². The molecule has 1 saturated carbocycles. The number of rotatable bonds is 5. The molecule has 0 bridgehead atoms. The van der Waals surface area contributed by atoms with E-state index in [0.717, 1.165) is 30.7 Å². The van der Waals surface area contributed by atoms with Gasteiger partial charge in [-0.05, 0) is 38.1 Å². The topological polar surface area (TPSA) is 60.0 Å². The third-order valence-electron chi connectivity index (χ3n) is 4.77. The van der Waals surface area contributed by atoms with Gasteiger partial charge in [-0.15, -0.1) is 5.10 Å². The minimum absolute atomic E-state index is 0.481. The third kappa shape index (κ3) is 2.98. The fraction of sp³-hybridized carbons (Fsp3) is 0.857. The highest BCUT2D eigenvalue weighted by Gasteiger charge is 2.32. The summed E-state index contributed by atoms with van der Waals surface area (Å²) in [6.45, 7) is 3.79. The predicted molar refractivity (Wildman–Crippen MR) is 74.5 cm³/mol. The molecular weight excluding hydrogens is 238 g/mol. The van der Waals surface area contributed by atoms with Crippen molar-refractivity contribution >= 4 is 0 Å². The van der Waals surface area contributed by atoms with Crippen LogP contribution in [0.5, 0.6) is 0 Å². The van der Waals surface area contributed by atoms with Gasteiger partial charge in [-0.2, -0.15) is 0 Å². The molecular formula is C14H25N5. The lowest BCUT2D eigenvalue weighted by Crippen LogP contribution is -2.36. The summed E-state index contributed by atoms with van der Waals surface area (Å²) in [6, 6.07) is 0.833. The molecule has 19 heavy (non-hydrogen) atoms. The van der Waals surface area contributed by atoms with Gasteiger partial charge in [0.2, 0.25) is 0 Å². The molecule has 2 fully saturated rings. The average molecular weight is 263 g/mol. The molecule has 0 aromatic carbocycles. The molecule has 3 rings (SSSR count). The first kappa shape index (κ1) is 13.1. The lowest BCUT2D eigenvalue weighted by Gasteiger charge is -2.29. The van der Waals surface area contributed by atoms with Crippen LogP contribution in [-0.2, 0) is 13.1 Å². The Kier molecular flexibility index (Phi) is 4.13. The zero-order valence-corrected chi connectivity index (χ0v) is 11.7. The van der Waals surface area contributed by atoms with Crippen molar-refractivity contribution in [2.45, 2.75) is 57.7 Å². The van der Waals surface area contributed by atoms with E-state index >= 15 is 0 Å². The van der Waals surface area contributed by atoms with E-state index in [4.69, 9.17) is 5.73 Å². The van der Waals surface area contributed by atoms with Crippen LogP contribution in [-0.4, -0.2) is 39.0 Å². The summed E-state index contributed by atoms with van der Waals surface area (Å²) in [7, 11) is 0. The smallest absolute Gasteiger partial charge is 0.0962 e. The lowest BCUT2D eigenvalue weighted by atomic mass is 9.96. The van der Waals surface area contributed by atoms with Crippen LogP contribution >= 0.6 is 0 Å². The summed E-state index contributed by atoms with van der Waals surface area (Å²) in [4.78, 5) is 2.68. The molecule has 0 spiro atoms. The molecule has 0 radical (unpaired) electrons. The largest absolute Gasteiger partial charge is 0.325 e. The Hall–Kier alpha value is -0.940. The van der Waals surface area contributed by atoms with Crippen LogP contribution in [0.2, 0.25) is 0 Å². The standard InChI is InChI=1S/C14H25N5/c15-10-13-11-19(17-16-13)9-8-18-7-3-6-14(18)12-4-1-2-5-12/h11-12,14H,1-10,15H2. The minimum Gasteiger partial charge on any atom is -0.325 e. The second-order valence-corrected chi connectivity index (χ2v) is 5.97. The van der Waals surface area contributed by atoms with E-state index in [1.54, 1.807) is 0 Å². The quantitative estimate of drug-likeness (QED) is 0.872. The highest BCUT2D eigenvalue weighted by atomic mass is 15.4. The molecule has 2 heterocycles. The molecule has 1 aromatic rings. The SMILES string of the molecule is NCc1cn(CCN2CCCC2C2CCCC2)nn1. The van der Waals surface area contributed by atoms with E-state index in [-0.39, 0.29) is 0 Å². The number of hydrogen-bond acceptors (Lipinski definition) is 4. The monoisotopic (exact) mass is 263 g/mol. The van der Waals surface area contributed by atoms with Crippen LogP contribution in [0.4, 0.5) is 0 Å². The summed E-state index contributed by atoms with van der Waals surface area (Å²) in [5, 5.41) is 8.18.